The van der Waals surface area contributed by atoms with Crippen molar-refractivity contribution < 1.29 is 8.42 Å². The zero-order valence-corrected chi connectivity index (χ0v) is 15.3. The number of aryl methyl sites for hydroxylation is 1. The maximum Gasteiger partial charge on any atom is 0.263 e. The van der Waals surface area contributed by atoms with Crippen molar-refractivity contribution in [1.29, 1.82) is 0 Å². The molecule has 0 spiro atoms. The quantitative estimate of drug-likeness (QED) is 0.665. The van der Waals surface area contributed by atoms with Crippen LogP contribution in [0.5, 0.6) is 0 Å². The molecule has 0 unspecified atom stereocenters. The van der Waals surface area contributed by atoms with Gasteiger partial charge in [-0.1, -0.05) is 42.5 Å². The van der Waals surface area contributed by atoms with Crippen molar-refractivity contribution in [3.63, 3.8) is 0 Å². The highest BCUT2D eigenvalue weighted by atomic mass is 32.2. The molecule has 0 aliphatic carbocycles. The van der Waals surface area contributed by atoms with E-state index in [2.05, 4.69) is 27.2 Å². The molecule has 1 aromatic heterocycles. The van der Waals surface area contributed by atoms with Crippen LogP contribution in [0, 0.1) is 6.92 Å². The summed E-state index contributed by atoms with van der Waals surface area (Å²) in [6.45, 7) is 2.63. The minimum Gasteiger partial charge on any atom is -0.383 e. The van der Waals surface area contributed by atoms with Gasteiger partial charge in [-0.3, -0.25) is 4.72 Å². The van der Waals surface area contributed by atoms with Gasteiger partial charge in [-0.25, -0.2) is 13.4 Å². The fourth-order valence-corrected chi connectivity index (χ4v) is 3.65. The number of anilines is 2. The van der Waals surface area contributed by atoms with Gasteiger partial charge in [-0.05, 0) is 48.7 Å². The molecule has 0 fully saturated rings. The molecule has 0 aliphatic rings. The lowest BCUT2D eigenvalue weighted by atomic mass is 10.1. The number of nitrogens with zero attached hydrogens (tertiary/aromatic N) is 1. The highest BCUT2D eigenvalue weighted by molar-refractivity contribution is 7.92. The molecule has 134 valence electrons. The van der Waals surface area contributed by atoms with Crippen LogP contribution in [-0.4, -0.2) is 19.9 Å². The highest BCUT2D eigenvalue weighted by Crippen LogP contribution is 2.17. The normalized spacial score (nSPS) is 11.1. The molecule has 0 saturated carbocycles. The van der Waals surface area contributed by atoms with Crippen molar-refractivity contribution >= 4 is 21.5 Å². The second-order valence-corrected chi connectivity index (χ2v) is 7.70. The summed E-state index contributed by atoms with van der Waals surface area (Å²) in [4.78, 5) is 4.41. The third-order valence-electron chi connectivity index (χ3n) is 3.89. The Kier molecular flexibility index (Phi) is 5.53. The van der Waals surface area contributed by atoms with E-state index in [0.717, 1.165) is 24.2 Å². The van der Waals surface area contributed by atoms with E-state index in [0.29, 0.717) is 5.82 Å². The molecule has 0 atom stereocenters. The van der Waals surface area contributed by atoms with Gasteiger partial charge in [0, 0.05) is 6.54 Å². The first kappa shape index (κ1) is 17.9. The van der Waals surface area contributed by atoms with Crippen molar-refractivity contribution in [2.24, 2.45) is 0 Å². The number of rotatable bonds is 7. The molecular weight excluding hydrogens is 346 g/mol. The Balaban J connectivity index is 1.59. The average Bonchev–Trinajstić information content (AvgIpc) is 2.64. The van der Waals surface area contributed by atoms with E-state index >= 15 is 0 Å². The molecule has 0 radical (unpaired) electrons. The van der Waals surface area contributed by atoms with Crippen LogP contribution in [0.2, 0.25) is 0 Å². The Morgan fingerprint density at radius 2 is 1.77 bits per heavy atom. The largest absolute Gasteiger partial charge is 0.383 e. The minimum atomic E-state index is -3.63. The molecule has 2 aromatic carbocycles. The SMILES string of the molecule is Cc1cccc(S(=O)(=O)Nc2ccc(NCCc3ccccc3)cn2)c1. The lowest BCUT2D eigenvalue weighted by molar-refractivity contribution is 0.601. The second kappa shape index (κ2) is 8.01. The zero-order chi connectivity index (χ0) is 18.4. The third-order valence-corrected chi connectivity index (χ3v) is 5.24. The number of pyridine rings is 1. The number of benzene rings is 2. The summed E-state index contributed by atoms with van der Waals surface area (Å²) in [5.41, 5.74) is 2.99. The van der Waals surface area contributed by atoms with Crippen molar-refractivity contribution in [2.45, 2.75) is 18.2 Å². The molecular formula is C20H21N3O2S. The topological polar surface area (TPSA) is 71.1 Å². The average molecular weight is 367 g/mol. The number of hydrogen-bond donors (Lipinski definition) is 2. The van der Waals surface area contributed by atoms with Gasteiger partial charge in [0.05, 0.1) is 16.8 Å². The molecule has 3 aromatic rings. The highest BCUT2D eigenvalue weighted by Gasteiger charge is 2.14. The maximum atomic E-state index is 12.4. The van der Waals surface area contributed by atoms with Gasteiger partial charge >= 0.3 is 0 Å². The number of nitrogens with one attached hydrogen (secondary N) is 2. The van der Waals surface area contributed by atoms with Crippen LogP contribution in [0.3, 0.4) is 0 Å². The summed E-state index contributed by atoms with van der Waals surface area (Å²) in [7, 11) is -3.63. The lowest BCUT2D eigenvalue weighted by Crippen LogP contribution is -2.14. The van der Waals surface area contributed by atoms with E-state index in [1.807, 2.05) is 37.3 Å². The van der Waals surface area contributed by atoms with Gasteiger partial charge in [-0.15, -0.1) is 0 Å². The van der Waals surface area contributed by atoms with Crippen LogP contribution < -0.4 is 10.0 Å². The first-order chi connectivity index (χ1) is 12.5. The van der Waals surface area contributed by atoms with Crippen LogP contribution in [0.15, 0.2) is 77.8 Å². The van der Waals surface area contributed by atoms with Crippen LogP contribution in [-0.2, 0) is 16.4 Å². The van der Waals surface area contributed by atoms with E-state index < -0.39 is 10.0 Å². The molecule has 1 heterocycles. The first-order valence-electron chi connectivity index (χ1n) is 8.36. The zero-order valence-electron chi connectivity index (χ0n) is 14.5. The molecule has 0 saturated heterocycles. The van der Waals surface area contributed by atoms with Gasteiger partial charge in [0.15, 0.2) is 0 Å². The standard InChI is InChI=1S/C20H21N3O2S/c1-16-6-5-9-19(14-16)26(24,25)23-20-11-10-18(15-22-20)21-13-12-17-7-3-2-4-8-17/h2-11,14-15,21H,12-13H2,1H3,(H,22,23). The summed E-state index contributed by atoms with van der Waals surface area (Å²) in [6, 6.07) is 20.4. The monoisotopic (exact) mass is 367 g/mol. The fourth-order valence-electron chi connectivity index (χ4n) is 2.53. The number of hydrogen-bond acceptors (Lipinski definition) is 4. The third kappa shape index (κ3) is 4.83. The molecule has 0 bridgehead atoms. The van der Waals surface area contributed by atoms with E-state index in [4.69, 9.17) is 0 Å². The van der Waals surface area contributed by atoms with Crippen molar-refractivity contribution in [3.8, 4) is 0 Å². The van der Waals surface area contributed by atoms with Crippen LogP contribution in [0.25, 0.3) is 0 Å². The molecule has 3 rings (SSSR count). The molecule has 6 heteroatoms. The maximum absolute atomic E-state index is 12.4. The van der Waals surface area contributed by atoms with E-state index in [1.165, 1.54) is 5.56 Å². The van der Waals surface area contributed by atoms with Crippen LogP contribution in [0.4, 0.5) is 11.5 Å². The second-order valence-electron chi connectivity index (χ2n) is 6.02. The van der Waals surface area contributed by atoms with E-state index in [9.17, 15) is 8.42 Å². The summed E-state index contributed by atoms with van der Waals surface area (Å²) >= 11 is 0. The van der Waals surface area contributed by atoms with Crippen LogP contribution >= 0.6 is 0 Å². The van der Waals surface area contributed by atoms with Crippen LogP contribution in [0.1, 0.15) is 11.1 Å². The Labute approximate surface area is 154 Å². The van der Waals surface area contributed by atoms with E-state index in [1.54, 1.807) is 30.5 Å². The lowest BCUT2D eigenvalue weighted by Gasteiger charge is -2.10. The summed E-state index contributed by atoms with van der Waals surface area (Å²) in [6.07, 6.45) is 2.53. The molecule has 0 aliphatic heterocycles. The Bertz CT molecular complexity index is 956. The van der Waals surface area contributed by atoms with Crippen molar-refractivity contribution in [3.05, 3.63) is 84.1 Å². The van der Waals surface area contributed by atoms with Gasteiger partial charge in [0.2, 0.25) is 0 Å². The Morgan fingerprint density at radius 3 is 2.46 bits per heavy atom. The molecule has 2 N–H and O–H groups in total. The number of aromatic nitrogens is 1. The smallest absolute Gasteiger partial charge is 0.263 e. The fraction of sp³-hybridized carbons (Fsp3) is 0.150. The minimum absolute atomic E-state index is 0.226. The Morgan fingerprint density at radius 1 is 0.962 bits per heavy atom. The predicted molar refractivity (Wildman–Crippen MR) is 105 cm³/mol. The Hall–Kier alpha value is -2.86. The van der Waals surface area contributed by atoms with Gasteiger partial charge in [0.1, 0.15) is 5.82 Å². The van der Waals surface area contributed by atoms with Gasteiger partial charge in [-0.2, -0.15) is 0 Å². The first-order valence-corrected chi connectivity index (χ1v) is 9.85. The number of sulfonamides is 1. The van der Waals surface area contributed by atoms with Crippen molar-refractivity contribution in [1.82, 2.24) is 4.98 Å². The predicted octanol–water partition coefficient (Wildman–Crippen LogP) is 3.85. The van der Waals surface area contributed by atoms with Crippen molar-refractivity contribution in [2.75, 3.05) is 16.6 Å². The molecule has 0 amide bonds. The van der Waals surface area contributed by atoms with Gasteiger partial charge in [0.25, 0.3) is 10.0 Å². The summed E-state index contributed by atoms with van der Waals surface area (Å²) in [5.74, 6) is 0.292. The summed E-state index contributed by atoms with van der Waals surface area (Å²) < 4.78 is 27.3. The van der Waals surface area contributed by atoms with Gasteiger partial charge < -0.3 is 5.32 Å². The summed E-state index contributed by atoms with van der Waals surface area (Å²) in [5, 5.41) is 3.28. The molecule has 5 nitrogen and oxygen atoms in total. The molecule has 26 heavy (non-hydrogen) atoms. The van der Waals surface area contributed by atoms with E-state index in [-0.39, 0.29) is 4.90 Å².